The number of nitrogens with zero attached hydrogens (tertiary/aromatic N) is 5. The minimum absolute atomic E-state index is 0.00159. The number of nitrogen functional groups attached to an aromatic ring is 1. The summed E-state index contributed by atoms with van der Waals surface area (Å²) in [7, 11) is 0.00159. The molecule has 6 N–H and O–H groups in total. The number of fused-ring (bicyclic) bond motifs is 1. The number of aliphatic hydroxyl groups excluding tert-OH is 2. The van der Waals surface area contributed by atoms with Crippen LogP contribution in [-0.4, -0.2) is 59.1 Å². The molecule has 0 radical (unpaired) electrons. The van der Waals surface area contributed by atoms with Crippen molar-refractivity contribution in [1.82, 2.24) is 19.5 Å². The van der Waals surface area contributed by atoms with E-state index in [-0.39, 0.29) is 20.9 Å². The van der Waals surface area contributed by atoms with Gasteiger partial charge in [0.1, 0.15) is 30.2 Å². The molecule has 0 saturated carbocycles. The van der Waals surface area contributed by atoms with E-state index in [1.165, 1.54) is 17.2 Å². The Morgan fingerprint density at radius 1 is 1.36 bits per heavy atom. The van der Waals surface area contributed by atoms with Crippen molar-refractivity contribution in [3.63, 3.8) is 0 Å². The van der Waals surface area contributed by atoms with Crippen molar-refractivity contribution >= 4 is 25.5 Å². The summed E-state index contributed by atoms with van der Waals surface area (Å²) in [5.74, 6) is 0.195. The van der Waals surface area contributed by atoms with Gasteiger partial charge in [-0.1, -0.05) is 0 Å². The molecule has 0 bridgehead atoms. The molecule has 22 heavy (non-hydrogen) atoms. The summed E-state index contributed by atoms with van der Waals surface area (Å²) in [5, 5.41) is 31.5. The highest BCUT2D eigenvalue weighted by atomic mass is 31.1. The molecule has 2 aromatic heterocycles. The fourth-order valence-corrected chi connectivity index (χ4v) is 2.62. The average molecular weight is 327 g/mol. The molecule has 3 rings (SSSR count). The third-order valence-corrected chi connectivity index (χ3v) is 3.88. The Bertz CT molecular complexity index is 722. The smallest absolute Gasteiger partial charge is 0.305 e. The van der Waals surface area contributed by atoms with Gasteiger partial charge in [-0.2, -0.15) is 0 Å². The number of aromatic nitrogens is 4. The molecule has 1 saturated heterocycles. The van der Waals surface area contributed by atoms with Crippen LogP contribution in [0.1, 0.15) is 6.23 Å². The van der Waals surface area contributed by atoms with Crippen LogP contribution in [0.2, 0.25) is 0 Å². The van der Waals surface area contributed by atoms with Crippen LogP contribution in [0.15, 0.2) is 12.7 Å². The molecular weight excluding hydrogens is 313 g/mol. The Kier molecular flexibility index (Phi) is 4.00. The monoisotopic (exact) mass is 327 g/mol. The van der Waals surface area contributed by atoms with Gasteiger partial charge in [-0.3, -0.25) is 4.57 Å². The maximum Gasteiger partial charge on any atom is 0.305 e. The van der Waals surface area contributed by atoms with Crippen molar-refractivity contribution in [3.8, 4) is 0 Å². The highest BCUT2D eigenvalue weighted by molar-refractivity contribution is 7.20. The van der Waals surface area contributed by atoms with E-state index in [4.69, 9.17) is 16.0 Å². The summed E-state index contributed by atoms with van der Waals surface area (Å²) in [6, 6.07) is 0. The molecule has 2 aromatic rings. The molecule has 0 spiro atoms. The number of nitrogens with two attached hydrogens (primary N) is 2. The summed E-state index contributed by atoms with van der Waals surface area (Å²) in [6.07, 6.45) is -1.67. The molecule has 0 amide bonds. The van der Waals surface area contributed by atoms with Crippen molar-refractivity contribution in [2.24, 2.45) is 5.50 Å². The van der Waals surface area contributed by atoms with Crippen LogP contribution in [0.25, 0.3) is 11.2 Å². The van der Waals surface area contributed by atoms with Crippen molar-refractivity contribution in [2.45, 2.75) is 24.5 Å². The van der Waals surface area contributed by atoms with Gasteiger partial charge in [0.2, 0.25) is 0 Å². The number of imidazole rings is 1. The molecule has 11 nitrogen and oxygen atoms in total. The van der Waals surface area contributed by atoms with Crippen molar-refractivity contribution in [3.05, 3.63) is 17.9 Å². The van der Waals surface area contributed by atoms with Crippen molar-refractivity contribution in [1.29, 1.82) is 0 Å². The Morgan fingerprint density at radius 2 is 2.14 bits per heavy atom. The molecular formula is C10H14N7O4P. The van der Waals surface area contributed by atoms with E-state index >= 15 is 0 Å². The summed E-state index contributed by atoms with van der Waals surface area (Å²) >= 11 is 0. The number of aliphatic hydroxyl groups is 2. The number of anilines is 1. The molecule has 2 unspecified atom stereocenters. The van der Waals surface area contributed by atoms with E-state index in [2.05, 4.69) is 15.0 Å². The summed E-state index contributed by atoms with van der Waals surface area (Å²) < 4.78 is 7.52. The molecule has 0 aromatic carbocycles. The first kappa shape index (κ1) is 15.2. The Morgan fingerprint density at radius 3 is 2.86 bits per heavy atom. The first-order chi connectivity index (χ1) is 10.5. The maximum atomic E-state index is 11.3. The van der Waals surface area contributed by atoms with Crippen LogP contribution >= 0.6 is 8.52 Å². The van der Waals surface area contributed by atoms with Crippen LogP contribution in [0, 0.1) is 5.21 Å². The quantitative estimate of drug-likeness (QED) is 0.388. The minimum atomic E-state index is -1.25. The van der Waals surface area contributed by atoms with Gasteiger partial charge in [-0.15, -0.1) is 0 Å². The van der Waals surface area contributed by atoms with E-state index in [1.54, 1.807) is 0 Å². The number of hydrogen-bond acceptors (Lipinski definition) is 8. The van der Waals surface area contributed by atoms with E-state index < -0.39 is 24.5 Å². The van der Waals surface area contributed by atoms with Gasteiger partial charge in [-0.25, -0.2) is 24.9 Å². The average Bonchev–Trinajstić information content (AvgIpc) is 3.05. The molecule has 1 aliphatic heterocycles. The zero-order valence-corrected chi connectivity index (χ0v) is 12.1. The van der Waals surface area contributed by atoms with Crippen LogP contribution in [0.4, 0.5) is 5.82 Å². The number of hydrogen-bond donors (Lipinski definition) is 4. The fraction of sp³-hybridized carbons (Fsp3) is 0.500. The van der Waals surface area contributed by atoms with Crippen molar-refractivity contribution in [2.75, 3.05) is 12.3 Å². The van der Waals surface area contributed by atoms with Crippen LogP contribution < -0.4 is 11.2 Å². The summed E-state index contributed by atoms with van der Waals surface area (Å²) in [5.41, 5.74) is 11.6. The lowest BCUT2D eigenvalue weighted by Crippen LogP contribution is -2.35. The minimum Gasteiger partial charge on any atom is -0.551 e. The number of ether oxygens (including phenoxy) is 1. The first-order valence-corrected chi connectivity index (χ1v) is 7.24. The second-order valence-electron chi connectivity index (χ2n) is 4.78. The zero-order valence-electron chi connectivity index (χ0n) is 11.2. The van der Waals surface area contributed by atoms with E-state index in [9.17, 15) is 15.4 Å². The predicted octanol–water partition coefficient (Wildman–Crippen LogP) is -1.46. The molecule has 1 aliphatic rings. The highest BCUT2D eigenvalue weighted by Gasteiger charge is 2.45. The van der Waals surface area contributed by atoms with E-state index in [0.29, 0.717) is 15.7 Å². The Labute approximate surface area is 125 Å². The predicted molar refractivity (Wildman–Crippen MR) is 75.3 cm³/mol. The van der Waals surface area contributed by atoms with Gasteiger partial charge >= 0.3 is 8.52 Å². The molecule has 4 atom stereocenters. The largest absolute Gasteiger partial charge is 0.551 e. The molecule has 1 fully saturated rings. The normalized spacial score (nSPS) is 29.4. The van der Waals surface area contributed by atoms with Gasteiger partial charge in [0.15, 0.2) is 24.2 Å². The third kappa shape index (κ3) is 2.43. The lowest BCUT2D eigenvalue weighted by molar-refractivity contribution is -0.447. The SMILES string of the molecule is NP=[N+]([O-])C[C@H]1O[C@@H](n2cnc3c(N)ncnc32)C(O)C1O. The van der Waals surface area contributed by atoms with Gasteiger partial charge in [-0.05, 0) is 0 Å². The second-order valence-corrected chi connectivity index (χ2v) is 5.46. The van der Waals surface area contributed by atoms with E-state index in [0.717, 1.165) is 0 Å². The molecule has 118 valence electrons. The van der Waals surface area contributed by atoms with Gasteiger partial charge in [0.05, 0.1) is 6.33 Å². The lowest BCUT2D eigenvalue weighted by atomic mass is 10.1. The van der Waals surface area contributed by atoms with Crippen LogP contribution in [0.3, 0.4) is 0 Å². The maximum absolute atomic E-state index is 11.3. The molecule has 3 heterocycles. The van der Waals surface area contributed by atoms with E-state index in [1.807, 2.05) is 0 Å². The van der Waals surface area contributed by atoms with Crippen LogP contribution in [0.5, 0.6) is 0 Å². The summed E-state index contributed by atoms with van der Waals surface area (Å²) in [6.45, 7) is -0.170. The zero-order chi connectivity index (χ0) is 15.9. The van der Waals surface area contributed by atoms with Crippen LogP contribution in [-0.2, 0) is 4.74 Å². The molecule has 12 heteroatoms. The van der Waals surface area contributed by atoms with Gasteiger partial charge in [0, 0.05) is 0 Å². The van der Waals surface area contributed by atoms with Crippen molar-refractivity contribution < 1.29 is 19.4 Å². The standard InChI is InChI=1S/C10H14N7O4P/c11-8-5-9(14-2-13-8)16(3-15-5)10-7(19)6(18)4(21-10)1-17(20)22-12/h2-4,6-7,10,18-19H,1,12H2,(H2,11,13,14)/t4-,6?,7?,10-/m1/s1. The second kappa shape index (κ2) is 5.80. The lowest BCUT2D eigenvalue weighted by Gasteiger charge is -2.16. The third-order valence-electron chi connectivity index (χ3n) is 3.46. The topological polar surface area (TPSA) is 171 Å². The summed E-state index contributed by atoms with van der Waals surface area (Å²) in [4.78, 5) is 11.9. The Balaban J connectivity index is 1.92. The van der Waals surface area contributed by atoms with Gasteiger partial charge in [0.25, 0.3) is 0 Å². The molecule has 0 aliphatic carbocycles. The van der Waals surface area contributed by atoms with Gasteiger partial charge < -0.3 is 25.9 Å². The first-order valence-electron chi connectivity index (χ1n) is 6.33. The number of hydroxylamine groups is 1. The highest BCUT2D eigenvalue weighted by Crippen LogP contribution is 2.32. The number of rotatable bonds is 3. The fourth-order valence-electron chi connectivity index (χ4n) is 2.37. The Hall–Kier alpha value is -1.75.